The Bertz CT molecular complexity index is 1440. The van der Waals surface area contributed by atoms with E-state index in [0.29, 0.717) is 36.0 Å². The molecule has 0 aromatic carbocycles. The first-order valence-electron chi connectivity index (χ1n) is 15.5. The maximum Gasteiger partial charge on any atom is 0.165 e. The molecule has 3 atom stereocenters. The molecule has 6 nitrogen and oxygen atoms in total. The van der Waals surface area contributed by atoms with Gasteiger partial charge in [0.1, 0.15) is 11.5 Å². The molecule has 5 N–H and O–H groups in total. The summed E-state index contributed by atoms with van der Waals surface area (Å²) < 4.78 is 0. The van der Waals surface area contributed by atoms with Crippen LogP contribution in [0.15, 0.2) is 106 Å². The predicted octanol–water partition coefficient (Wildman–Crippen LogP) is 7.61. The predicted molar refractivity (Wildman–Crippen MR) is 183 cm³/mol. The number of hydrogen-bond donors (Lipinski definition) is 5. The second-order valence-corrected chi connectivity index (χ2v) is 13.8. The van der Waals surface area contributed by atoms with Gasteiger partial charge < -0.3 is 25.5 Å². The van der Waals surface area contributed by atoms with Gasteiger partial charge in [0.2, 0.25) is 0 Å². The van der Waals surface area contributed by atoms with Gasteiger partial charge in [-0.25, -0.2) is 0 Å². The maximum absolute atomic E-state index is 13.0. The summed E-state index contributed by atoms with van der Waals surface area (Å²) in [5.74, 6) is 5.82. The standard InChI is InChI=1S/C39H52O6/c1-27(15-11-17-29(3)34(43)22-36(45)39(8)25-32(42)24-38(39,6)7)13-9-10-14-28(2)16-12-18-30(26-40)19-20-33-35(44)21-31(41)23-37(33,4)5/h9-18,22,31-32,40-44H,21,23-26H2,1-8H3. The molecule has 2 aliphatic rings. The van der Waals surface area contributed by atoms with E-state index >= 15 is 0 Å². The summed E-state index contributed by atoms with van der Waals surface area (Å²) in [6.45, 7) is 15.2. The lowest BCUT2D eigenvalue weighted by Gasteiger charge is -2.35. The minimum Gasteiger partial charge on any atom is -0.511 e. The summed E-state index contributed by atoms with van der Waals surface area (Å²) in [5, 5.41) is 50.5. The summed E-state index contributed by atoms with van der Waals surface area (Å²) >= 11 is 0. The molecule has 244 valence electrons. The molecule has 0 spiro atoms. The fourth-order valence-corrected chi connectivity index (χ4v) is 5.73. The lowest BCUT2D eigenvalue weighted by Crippen LogP contribution is -2.36. The Morgan fingerprint density at radius 1 is 0.844 bits per heavy atom. The number of ketones is 1. The van der Waals surface area contributed by atoms with Crippen molar-refractivity contribution in [1.29, 1.82) is 0 Å². The Morgan fingerprint density at radius 2 is 1.42 bits per heavy atom. The van der Waals surface area contributed by atoms with Crippen molar-refractivity contribution >= 4 is 5.78 Å². The number of aliphatic hydroxyl groups excluding tert-OH is 5. The molecule has 1 saturated carbocycles. The van der Waals surface area contributed by atoms with Crippen molar-refractivity contribution in [3.63, 3.8) is 0 Å². The Balaban J connectivity index is 1.98. The monoisotopic (exact) mass is 616 g/mol. The van der Waals surface area contributed by atoms with Crippen LogP contribution < -0.4 is 0 Å². The first-order chi connectivity index (χ1) is 20.9. The first kappa shape index (κ1) is 37.6. The van der Waals surface area contributed by atoms with E-state index in [4.69, 9.17) is 0 Å². The van der Waals surface area contributed by atoms with E-state index < -0.39 is 23.0 Å². The Kier molecular flexibility index (Phi) is 13.4. The van der Waals surface area contributed by atoms with Crippen LogP contribution in [0.4, 0.5) is 0 Å². The van der Waals surface area contributed by atoms with E-state index in [9.17, 15) is 30.3 Å². The van der Waals surface area contributed by atoms with Gasteiger partial charge in [-0.15, -0.1) is 0 Å². The molecule has 0 aliphatic heterocycles. The van der Waals surface area contributed by atoms with Crippen LogP contribution in [-0.2, 0) is 4.79 Å². The normalized spacial score (nSPS) is 26.7. The summed E-state index contributed by atoms with van der Waals surface area (Å²) in [7, 11) is 0. The molecular formula is C39H52O6. The van der Waals surface area contributed by atoms with Crippen LogP contribution in [0.1, 0.15) is 81.1 Å². The minimum absolute atomic E-state index is 0.0724. The van der Waals surface area contributed by atoms with Crippen molar-refractivity contribution in [2.45, 2.75) is 93.3 Å². The Labute approximate surface area is 270 Å². The number of hydrogen-bond acceptors (Lipinski definition) is 6. The van der Waals surface area contributed by atoms with Gasteiger partial charge in [-0.1, -0.05) is 112 Å². The fraction of sp³-hybridized carbons (Fsp3) is 0.462. The van der Waals surface area contributed by atoms with Gasteiger partial charge in [-0.3, -0.25) is 4.79 Å². The highest BCUT2D eigenvalue weighted by Gasteiger charge is 2.53. The van der Waals surface area contributed by atoms with E-state index in [1.54, 1.807) is 19.1 Å². The van der Waals surface area contributed by atoms with Crippen molar-refractivity contribution in [1.82, 2.24) is 0 Å². The summed E-state index contributed by atoms with van der Waals surface area (Å²) in [6, 6.07) is 0. The third-order valence-electron chi connectivity index (χ3n) is 8.95. The molecule has 2 rings (SSSR count). The van der Waals surface area contributed by atoms with Gasteiger partial charge in [-0.2, -0.15) is 0 Å². The second-order valence-electron chi connectivity index (χ2n) is 13.8. The van der Waals surface area contributed by atoms with Gasteiger partial charge >= 0.3 is 0 Å². The van der Waals surface area contributed by atoms with E-state index in [1.807, 2.05) is 97.1 Å². The third kappa shape index (κ3) is 10.7. The van der Waals surface area contributed by atoms with Crippen molar-refractivity contribution in [3.05, 3.63) is 106 Å². The zero-order valence-corrected chi connectivity index (χ0v) is 28.2. The summed E-state index contributed by atoms with van der Waals surface area (Å²) in [6.07, 6.45) is 20.6. The van der Waals surface area contributed by atoms with Crippen LogP contribution in [0.5, 0.6) is 0 Å². The second kappa shape index (κ2) is 16.1. The zero-order valence-electron chi connectivity index (χ0n) is 28.2. The molecule has 0 saturated heterocycles. The Morgan fingerprint density at radius 3 is 1.93 bits per heavy atom. The van der Waals surface area contributed by atoms with E-state index in [2.05, 4.69) is 11.8 Å². The smallest absolute Gasteiger partial charge is 0.165 e. The van der Waals surface area contributed by atoms with Crippen molar-refractivity contribution in [2.24, 2.45) is 16.2 Å². The minimum atomic E-state index is -0.721. The highest BCUT2D eigenvalue weighted by molar-refractivity contribution is 5.96. The highest BCUT2D eigenvalue weighted by atomic mass is 16.3. The van der Waals surface area contributed by atoms with E-state index in [1.165, 1.54) is 6.08 Å². The largest absolute Gasteiger partial charge is 0.511 e. The van der Waals surface area contributed by atoms with Gasteiger partial charge in [0.15, 0.2) is 5.78 Å². The fourth-order valence-electron chi connectivity index (χ4n) is 5.73. The van der Waals surface area contributed by atoms with Gasteiger partial charge in [0, 0.05) is 34.5 Å². The number of aliphatic hydroxyl groups is 5. The average molecular weight is 617 g/mol. The molecule has 1 fully saturated rings. The number of carbonyl (C=O) groups is 1. The lowest BCUT2D eigenvalue weighted by atomic mass is 9.66. The van der Waals surface area contributed by atoms with Crippen molar-refractivity contribution < 1.29 is 30.3 Å². The van der Waals surface area contributed by atoms with Crippen molar-refractivity contribution in [3.8, 4) is 11.8 Å². The van der Waals surface area contributed by atoms with Crippen LogP contribution >= 0.6 is 0 Å². The van der Waals surface area contributed by atoms with Crippen LogP contribution in [0.25, 0.3) is 0 Å². The highest BCUT2D eigenvalue weighted by Crippen LogP contribution is 2.53. The number of allylic oxidation sites excluding steroid dienone is 15. The molecular weight excluding hydrogens is 564 g/mol. The number of rotatable bonds is 10. The first-order valence-corrected chi connectivity index (χ1v) is 15.5. The molecule has 45 heavy (non-hydrogen) atoms. The summed E-state index contributed by atoms with van der Waals surface area (Å²) in [5.41, 5.74) is 2.18. The molecule has 0 aromatic rings. The van der Waals surface area contributed by atoms with Gasteiger partial charge in [-0.05, 0) is 57.1 Å². The maximum atomic E-state index is 13.0. The zero-order chi connectivity index (χ0) is 34.0. The quantitative estimate of drug-likeness (QED) is 0.0746. The SMILES string of the molecule is CC(C=CC=C(C#CC1=C(O)CC(O)CC1(C)C)CO)=CC=CC=C(C)C=CC=C(C)C(O)=CC(=O)C1(C)CC(O)CC1(C)C. The average Bonchev–Trinajstić information content (AvgIpc) is 3.14. The van der Waals surface area contributed by atoms with Gasteiger partial charge in [0.25, 0.3) is 0 Å². The van der Waals surface area contributed by atoms with Crippen LogP contribution in [-0.4, -0.2) is 50.1 Å². The van der Waals surface area contributed by atoms with Crippen LogP contribution in [0, 0.1) is 28.1 Å². The molecule has 0 heterocycles. The van der Waals surface area contributed by atoms with Crippen LogP contribution in [0.3, 0.4) is 0 Å². The Hall–Kier alpha value is -3.63. The molecule has 0 bridgehead atoms. The van der Waals surface area contributed by atoms with E-state index in [-0.39, 0.29) is 35.7 Å². The van der Waals surface area contributed by atoms with Crippen molar-refractivity contribution in [2.75, 3.05) is 6.61 Å². The molecule has 0 amide bonds. The molecule has 2 aliphatic carbocycles. The number of carbonyl (C=O) groups excluding carboxylic acids is 1. The molecule has 0 radical (unpaired) electrons. The molecule has 3 unspecified atom stereocenters. The summed E-state index contributed by atoms with van der Waals surface area (Å²) in [4.78, 5) is 13.0. The van der Waals surface area contributed by atoms with Gasteiger partial charge in [0.05, 0.1) is 18.8 Å². The topological polar surface area (TPSA) is 118 Å². The van der Waals surface area contributed by atoms with E-state index in [0.717, 1.165) is 11.1 Å². The molecule has 0 aromatic heterocycles. The van der Waals surface area contributed by atoms with Crippen LogP contribution in [0.2, 0.25) is 0 Å². The third-order valence-corrected chi connectivity index (χ3v) is 8.95. The molecule has 6 heteroatoms. The lowest BCUT2D eigenvalue weighted by molar-refractivity contribution is -0.127.